The van der Waals surface area contributed by atoms with Gasteiger partial charge in [0, 0.05) is 0 Å². The molecule has 15 heavy (non-hydrogen) atoms. The van der Waals surface area contributed by atoms with Gasteiger partial charge in [0.15, 0.2) is 0 Å². The number of carbonyl (C=O) groups is 1. The second-order valence-electron chi connectivity index (χ2n) is 4.87. The van der Waals surface area contributed by atoms with Crippen LogP contribution in [0.3, 0.4) is 0 Å². The van der Waals surface area contributed by atoms with E-state index >= 15 is 0 Å². The quantitative estimate of drug-likeness (QED) is 0.707. The molecule has 2 rings (SSSR count). The fourth-order valence-corrected chi connectivity index (χ4v) is 3.05. The molecule has 0 aromatic carbocycles. The van der Waals surface area contributed by atoms with Crippen molar-refractivity contribution in [3.63, 3.8) is 0 Å². The Morgan fingerprint density at radius 1 is 1.13 bits per heavy atom. The molecule has 1 aliphatic heterocycles. The highest BCUT2D eigenvalue weighted by molar-refractivity contribution is 5.75. The largest absolute Gasteiger partial charge is 0.468 e. The zero-order valence-electron chi connectivity index (χ0n) is 9.50. The summed E-state index contributed by atoms with van der Waals surface area (Å²) in [5.74, 6) is 1.62. The van der Waals surface area contributed by atoms with Crippen LogP contribution in [0.4, 0.5) is 0 Å². The fourth-order valence-electron chi connectivity index (χ4n) is 3.05. The van der Waals surface area contributed by atoms with Crippen LogP contribution >= 0.6 is 0 Å². The van der Waals surface area contributed by atoms with Gasteiger partial charge in [-0.05, 0) is 31.2 Å². The highest BCUT2D eigenvalue weighted by Crippen LogP contribution is 2.35. The third-order valence-corrected chi connectivity index (χ3v) is 4.00. The van der Waals surface area contributed by atoms with E-state index in [0.29, 0.717) is 0 Å². The van der Waals surface area contributed by atoms with Crippen LogP contribution in [0.2, 0.25) is 0 Å². The number of rotatable bonds is 2. The summed E-state index contributed by atoms with van der Waals surface area (Å²) in [6, 6.07) is -0.0485. The fraction of sp³-hybridized carbons (Fsp3) is 0.917. The highest BCUT2D eigenvalue weighted by atomic mass is 16.5. The van der Waals surface area contributed by atoms with Crippen LogP contribution in [-0.4, -0.2) is 25.7 Å². The van der Waals surface area contributed by atoms with Crippen LogP contribution in [0.1, 0.15) is 38.5 Å². The Bertz CT molecular complexity index is 216. The van der Waals surface area contributed by atoms with E-state index in [1.165, 1.54) is 39.2 Å². The van der Waals surface area contributed by atoms with Gasteiger partial charge in [-0.15, -0.1) is 0 Å². The van der Waals surface area contributed by atoms with E-state index in [1.807, 2.05) is 0 Å². The summed E-state index contributed by atoms with van der Waals surface area (Å²) in [7, 11) is 1.47. The number of carbonyl (C=O) groups excluding carboxylic acids is 1. The van der Waals surface area contributed by atoms with Gasteiger partial charge in [0.25, 0.3) is 0 Å². The van der Waals surface area contributed by atoms with Gasteiger partial charge in [-0.3, -0.25) is 4.79 Å². The molecule has 0 amide bonds. The lowest BCUT2D eigenvalue weighted by Crippen LogP contribution is -2.45. The summed E-state index contributed by atoms with van der Waals surface area (Å²) in [5.41, 5.74) is 0. The van der Waals surface area contributed by atoms with Crippen molar-refractivity contribution in [1.29, 1.82) is 0 Å². The molecule has 3 heteroatoms. The molecule has 1 aliphatic carbocycles. The Hall–Kier alpha value is -0.570. The first-order valence-corrected chi connectivity index (χ1v) is 6.12. The summed E-state index contributed by atoms with van der Waals surface area (Å²) >= 11 is 0. The first-order chi connectivity index (χ1) is 7.31. The second-order valence-corrected chi connectivity index (χ2v) is 4.87. The monoisotopic (exact) mass is 211 g/mol. The molecule has 0 bridgehead atoms. The van der Waals surface area contributed by atoms with E-state index in [-0.39, 0.29) is 12.0 Å². The van der Waals surface area contributed by atoms with Crippen LogP contribution in [0.15, 0.2) is 0 Å². The van der Waals surface area contributed by atoms with Crippen molar-refractivity contribution < 1.29 is 9.53 Å². The average Bonchev–Trinajstić information content (AvgIpc) is 2.82. The maximum atomic E-state index is 11.3. The molecule has 2 aliphatic rings. The van der Waals surface area contributed by atoms with E-state index in [9.17, 15) is 4.79 Å². The first kappa shape index (κ1) is 10.9. The number of hydrogen-bond acceptors (Lipinski definition) is 3. The van der Waals surface area contributed by atoms with E-state index in [2.05, 4.69) is 5.32 Å². The smallest absolute Gasteiger partial charge is 0.322 e. The van der Waals surface area contributed by atoms with Crippen molar-refractivity contribution in [2.24, 2.45) is 11.8 Å². The van der Waals surface area contributed by atoms with Crippen molar-refractivity contribution in [2.45, 2.75) is 44.6 Å². The molecule has 3 nitrogen and oxygen atoms in total. The predicted molar refractivity (Wildman–Crippen MR) is 58.5 cm³/mol. The predicted octanol–water partition coefficient (Wildman–Crippen LogP) is 1.72. The number of hydrogen-bond donors (Lipinski definition) is 1. The van der Waals surface area contributed by atoms with Crippen molar-refractivity contribution in [3.8, 4) is 0 Å². The zero-order chi connectivity index (χ0) is 10.7. The van der Waals surface area contributed by atoms with Gasteiger partial charge in [0.1, 0.15) is 6.04 Å². The van der Waals surface area contributed by atoms with Gasteiger partial charge in [0.05, 0.1) is 7.11 Å². The van der Waals surface area contributed by atoms with Crippen molar-refractivity contribution in [2.75, 3.05) is 13.7 Å². The minimum absolute atomic E-state index is 0.0485. The Kier molecular flexibility index (Phi) is 3.62. The lowest BCUT2D eigenvalue weighted by atomic mass is 9.83. The first-order valence-electron chi connectivity index (χ1n) is 6.12. The Balaban J connectivity index is 1.78. The summed E-state index contributed by atoms with van der Waals surface area (Å²) in [4.78, 5) is 11.3. The van der Waals surface area contributed by atoms with E-state index in [0.717, 1.165) is 24.8 Å². The Morgan fingerprint density at radius 2 is 1.87 bits per heavy atom. The van der Waals surface area contributed by atoms with Gasteiger partial charge < -0.3 is 10.1 Å². The number of methoxy groups -OCH3 is 1. The molecule has 1 N–H and O–H groups in total. The standard InChI is InChI=1S/C12H21NO2/c1-15-12(14)11-7-6-10(8-13-11)9-4-2-3-5-9/h9-11,13H,2-8H2,1H3. The van der Waals surface area contributed by atoms with Crippen LogP contribution in [0.5, 0.6) is 0 Å². The molecule has 0 radical (unpaired) electrons. The number of ether oxygens (including phenoxy) is 1. The summed E-state index contributed by atoms with van der Waals surface area (Å²) in [6.45, 7) is 1.00. The number of esters is 1. The molecule has 1 saturated heterocycles. The summed E-state index contributed by atoms with van der Waals surface area (Å²) in [5, 5.41) is 3.32. The molecule has 2 unspecified atom stereocenters. The minimum Gasteiger partial charge on any atom is -0.468 e. The maximum Gasteiger partial charge on any atom is 0.322 e. The van der Waals surface area contributed by atoms with Crippen LogP contribution in [0.25, 0.3) is 0 Å². The van der Waals surface area contributed by atoms with Gasteiger partial charge in [-0.2, -0.15) is 0 Å². The van der Waals surface area contributed by atoms with Crippen LogP contribution < -0.4 is 5.32 Å². The van der Waals surface area contributed by atoms with Gasteiger partial charge in [-0.1, -0.05) is 25.7 Å². The lowest BCUT2D eigenvalue weighted by Gasteiger charge is -2.31. The van der Waals surface area contributed by atoms with E-state index < -0.39 is 0 Å². The normalized spacial score (nSPS) is 32.9. The SMILES string of the molecule is COC(=O)C1CCC(C2CCCC2)CN1. The molecule has 0 aromatic heterocycles. The molecule has 2 atom stereocenters. The van der Waals surface area contributed by atoms with Crippen LogP contribution in [-0.2, 0) is 9.53 Å². The molecule has 86 valence electrons. The van der Waals surface area contributed by atoms with Crippen molar-refractivity contribution >= 4 is 5.97 Å². The van der Waals surface area contributed by atoms with Gasteiger partial charge in [-0.25, -0.2) is 0 Å². The highest BCUT2D eigenvalue weighted by Gasteiger charge is 2.31. The lowest BCUT2D eigenvalue weighted by molar-refractivity contribution is -0.144. The van der Waals surface area contributed by atoms with Gasteiger partial charge >= 0.3 is 5.97 Å². The molecule has 1 heterocycles. The Labute approximate surface area is 91.6 Å². The topological polar surface area (TPSA) is 38.3 Å². The molecule has 2 fully saturated rings. The second kappa shape index (κ2) is 4.97. The van der Waals surface area contributed by atoms with Gasteiger partial charge in [0.2, 0.25) is 0 Å². The zero-order valence-corrected chi connectivity index (χ0v) is 9.50. The third kappa shape index (κ3) is 2.51. The molecule has 0 aromatic rings. The maximum absolute atomic E-state index is 11.3. The summed E-state index contributed by atoms with van der Waals surface area (Å²) in [6.07, 6.45) is 7.75. The minimum atomic E-state index is -0.0973. The molecule has 1 saturated carbocycles. The van der Waals surface area contributed by atoms with Crippen molar-refractivity contribution in [1.82, 2.24) is 5.32 Å². The average molecular weight is 211 g/mol. The van der Waals surface area contributed by atoms with Crippen LogP contribution in [0, 0.1) is 11.8 Å². The Morgan fingerprint density at radius 3 is 2.40 bits per heavy atom. The third-order valence-electron chi connectivity index (χ3n) is 4.00. The summed E-state index contributed by atoms with van der Waals surface area (Å²) < 4.78 is 4.75. The number of nitrogens with one attached hydrogen (secondary N) is 1. The molecule has 0 spiro atoms. The molecular weight excluding hydrogens is 190 g/mol. The number of piperidine rings is 1. The van der Waals surface area contributed by atoms with Crippen molar-refractivity contribution in [3.05, 3.63) is 0 Å². The van der Waals surface area contributed by atoms with E-state index in [4.69, 9.17) is 4.74 Å². The molecular formula is C12H21NO2. The van der Waals surface area contributed by atoms with E-state index in [1.54, 1.807) is 0 Å².